The molecule has 1 heterocycles. The summed E-state index contributed by atoms with van der Waals surface area (Å²) >= 11 is 6.21. The number of amides is 3. The number of benzene rings is 3. The van der Waals surface area contributed by atoms with Gasteiger partial charge in [0.05, 0.1) is 17.9 Å². The molecule has 0 aliphatic carbocycles. The van der Waals surface area contributed by atoms with Crippen LogP contribution in [0.2, 0.25) is 0 Å². The Kier molecular flexibility index (Phi) is 7.64. The number of ether oxygens (including phenoxy) is 1. The molecule has 4 rings (SSSR count). The zero-order valence-corrected chi connectivity index (χ0v) is 20.3. The number of rotatable bonds is 8. The third-order valence-corrected chi connectivity index (χ3v) is 5.65. The molecule has 0 aromatic heterocycles. The molecule has 10 heteroatoms. The first-order valence-electron chi connectivity index (χ1n) is 11.3. The molecule has 0 unspecified atom stereocenters. The first kappa shape index (κ1) is 25.6. The Labute approximate surface area is 216 Å². The third-order valence-electron chi connectivity index (χ3n) is 5.30. The number of esters is 1. The molecule has 1 aliphatic heterocycles. The average Bonchev–Trinajstić information content (AvgIpc) is 3.11. The van der Waals surface area contributed by atoms with Crippen LogP contribution in [0, 0.1) is 5.82 Å². The number of imide groups is 1. The van der Waals surface area contributed by atoms with Gasteiger partial charge in [-0.25, -0.2) is 14.1 Å². The summed E-state index contributed by atoms with van der Waals surface area (Å²) in [4.78, 5) is 51.7. The van der Waals surface area contributed by atoms with Crippen LogP contribution in [0.1, 0.15) is 34.1 Å². The maximum Gasteiger partial charge on any atom is 0.338 e. The summed E-state index contributed by atoms with van der Waals surface area (Å²) in [5.74, 6) is -2.95. The first-order valence-corrected chi connectivity index (χ1v) is 11.7. The molecule has 3 aromatic rings. The highest BCUT2D eigenvalue weighted by molar-refractivity contribution is 6.53. The van der Waals surface area contributed by atoms with Gasteiger partial charge in [0.25, 0.3) is 17.7 Å². The summed E-state index contributed by atoms with van der Waals surface area (Å²) in [5, 5.41) is 5.12. The van der Waals surface area contributed by atoms with Crippen molar-refractivity contribution in [1.82, 2.24) is 0 Å². The Hall–Kier alpha value is -4.50. The van der Waals surface area contributed by atoms with Crippen molar-refractivity contribution in [2.45, 2.75) is 13.3 Å². The number of hydrogen-bond donors (Lipinski definition) is 2. The average molecular weight is 522 g/mol. The maximum absolute atomic E-state index is 13.1. The molecular formula is C27H21ClFN3O5. The van der Waals surface area contributed by atoms with Gasteiger partial charge in [0.2, 0.25) is 0 Å². The molecule has 0 saturated carbocycles. The summed E-state index contributed by atoms with van der Waals surface area (Å²) in [5.41, 5.74) is 1.15. The third kappa shape index (κ3) is 5.68. The highest BCUT2D eigenvalue weighted by Gasteiger charge is 2.39. The Morgan fingerprint density at radius 3 is 2.35 bits per heavy atom. The summed E-state index contributed by atoms with van der Waals surface area (Å²) in [7, 11) is 0. The Morgan fingerprint density at radius 2 is 1.62 bits per heavy atom. The molecule has 8 nitrogen and oxygen atoms in total. The van der Waals surface area contributed by atoms with Crippen molar-refractivity contribution in [3.63, 3.8) is 0 Å². The van der Waals surface area contributed by atoms with E-state index in [2.05, 4.69) is 10.6 Å². The SMILES string of the molecule is CCCOC(=O)c1cccc(N2C(=O)C(Cl)=C(Nc3cccc(C(=O)Nc4ccc(F)cc4)c3)C2=O)c1. The number of hydrogen-bond acceptors (Lipinski definition) is 6. The fourth-order valence-corrected chi connectivity index (χ4v) is 3.73. The summed E-state index contributed by atoms with van der Waals surface area (Å²) < 4.78 is 18.2. The van der Waals surface area contributed by atoms with Crippen molar-refractivity contribution < 1.29 is 28.3 Å². The molecule has 0 fully saturated rings. The van der Waals surface area contributed by atoms with Crippen molar-refractivity contribution >= 4 is 52.4 Å². The first-order chi connectivity index (χ1) is 17.8. The van der Waals surface area contributed by atoms with Gasteiger partial charge < -0.3 is 15.4 Å². The van der Waals surface area contributed by atoms with E-state index >= 15 is 0 Å². The number of carbonyl (C=O) groups excluding carboxylic acids is 4. The van der Waals surface area contributed by atoms with E-state index < -0.39 is 29.5 Å². The quantitative estimate of drug-likeness (QED) is 0.316. The molecule has 2 N–H and O–H groups in total. The molecule has 37 heavy (non-hydrogen) atoms. The summed E-state index contributed by atoms with van der Waals surface area (Å²) in [6, 6.07) is 17.4. The van der Waals surface area contributed by atoms with Gasteiger partial charge in [0.1, 0.15) is 16.5 Å². The van der Waals surface area contributed by atoms with E-state index in [1.807, 2.05) is 6.92 Å². The van der Waals surface area contributed by atoms with Crippen molar-refractivity contribution in [2.24, 2.45) is 0 Å². The van der Waals surface area contributed by atoms with Crippen LogP contribution in [-0.2, 0) is 14.3 Å². The lowest BCUT2D eigenvalue weighted by atomic mass is 10.1. The number of nitrogens with zero attached hydrogens (tertiary/aromatic N) is 1. The zero-order valence-electron chi connectivity index (χ0n) is 19.6. The highest BCUT2D eigenvalue weighted by Crippen LogP contribution is 2.31. The molecule has 0 spiro atoms. The lowest BCUT2D eigenvalue weighted by Gasteiger charge is -2.16. The lowest BCUT2D eigenvalue weighted by Crippen LogP contribution is -2.32. The number of carbonyl (C=O) groups is 4. The van der Waals surface area contributed by atoms with Crippen molar-refractivity contribution in [3.05, 3.63) is 100 Å². The molecule has 0 radical (unpaired) electrons. The molecule has 0 bridgehead atoms. The van der Waals surface area contributed by atoms with Crippen LogP contribution >= 0.6 is 11.6 Å². The van der Waals surface area contributed by atoms with Gasteiger partial charge in [-0.3, -0.25) is 14.4 Å². The molecule has 0 atom stereocenters. The molecule has 3 amide bonds. The van der Waals surface area contributed by atoms with Crippen LogP contribution in [0.5, 0.6) is 0 Å². The van der Waals surface area contributed by atoms with Crippen molar-refractivity contribution in [3.8, 4) is 0 Å². The van der Waals surface area contributed by atoms with Crippen molar-refractivity contribution in [2.75, 3.05) is 22.1 Å². The van der Waals surface area contributed by atoms with E-state index in [4.69, 9.17) is 16.3 Å². The van der Waals surface area contributed by atoms with E-state index in [-0.39, 0.29) is 34.2 Å². The largest absolute Gasteiger partial charge is 0.462 e. The normalized spacial score (nSPS) is 13.1. The van der Waals surface area contributed by atoms with Crippen LogP contribution in [0.3, 0.4) is 0 Å². The highest BCUT2D eigenvalue weighted by atomic mass is 35.5. The van der Waals surface area contributed by atoms with Gasteiger partial charge in [0.15, 0.2) is 0 Å². The van der Waals surface area contributed by atoms with Gasteiger partial charge in [-0.05, 0) is 67.1 Å². The molecule has 188 valence electrons. The van der Waals surface area contributed by atoms with E-state index in [1.165, 1.54) is 54.6 Å². The summed E-state index contributed by atoms with van der Waals surface area (Å²) in [6.45, 7) is 2.11. The topological polar surface area (TPSA) is 105 Å². The Balaban J connectivity index is 1.51. The fraction of sp³-hybridized carbons (Fsp3) is 0.111. The number of halogens is 2. The van der Waals surface area contributed by atoms with Gasteiger partial charge >= 0.3 is 5.97 Å². The zero-order chi connectivity index (χ0) is 26.5. The fourth-order valence-electron chi connectivity index (χ4n) is 3.51. The van der Waals surface area contributed by atoms with Crippen LogP contribution in [0.15, 0.2) is 83.5 Å². The van der Waals surface area contributed by atoms with E-state index in [0.717, 1.165) is 4.90 Å². The van der Waals surface area contributed by atoms with Crippen LogP contribution < -0.4 is 15.5 Å². The van der Waals surface area contributed by atoms with Crippen LogP contribution in [0.25, 0.3) is 0 Å². The standard InChI is InChI=1S/C27H21ClFN3O5/c1-2-13-37-27(36)17-6-4-8-21(15-17)32-25(34)22(28)23(26(32)35)30-20-7-3-5-16(14-20)24(33)31-19-11-9-18(29)10-12-19/h3-12,14-15,30H,2,13H2,1H3,(H,31,33). The van der Waals surface area contributed by atoms with Gasteiger partial charge in [-0.15, -0.1) is 0 Å². The molecule has 0 saturated heterocycles. The number of anilines is 3. The minimum absolute atomic E-state index is 0.156. The van der Waals surface area contributed by atoms with Crippen molar-refractivity contribution in [1.29, 1.82) is 0 Å². The smallest absolute Gasteiger partial charge is 0.338 e. The summed E-state index contributed by atoms with van der Waals surface area (Å²) in [6.07, 6.45) is 0.651. The number of nitrogens with one attached hydrogen (secondary N) is 2. The van der Waals surface area contributed by atoms with E-state index in [0.29, 0.717) is 17.8 Å². The monoisotopic (exact) mass is 521 g/mol. The van der Waals surface area contributed by atoms with E-state index in [9.17, 15) is 23.6 Å². The minimum atomic E-state index is -0.765. The second kappa shape index (κ2) is 11.0. The van der Waals surface area contributed by atoms with Crippen LogP contribution in [-0.4, -0.2) is 30.3 Å². The predicted octanol–water partition coefficient (Wildman–Crippen LogP) is 5.08. The molecule has 3 aromatic carbocycles. The maximum atomic E-state index is 13.1. The van der Waals surface area contributed by atoms with Gasteiger partial charge in [0, 0.05) is 16.9 Å². The predicted molar refractivity (Wildman–Crippen MR) is 137 cm³/mol. The van der Waals surface area contributed by atoms with Crippen LogP contribution in [0.4, 0.5) is 21.5 Å². The van der Waals surface area contributed by atoms with E-state index in [1.54, 1.807) is 18.2 Å². The second-order valence-electron chi connectivity index (χ2n) is 7.99. The Bertz CT molecular complexity index is 1420. The minimum Gasteiger partial charge on any atom is -0.462 e. The molecule has 1 aliphatic rings. The van der Waals surface area contributed by atoms with Gasteiger partial charge in [-0.2, -0.15) is 0 Å². The molecular weight excluding hydrogens is 501 g/mol. The van der Waals surface area contributed by atoms with Gasteiger partial charge in [-0.1, -0.05) is 30.7 Å². The Morgan fingerprint density at radius 1 is 0.919 bits per heavy atom. The lowest BCUT2D eigenvalue weighted by molar-refractivity contribution is -0.120. The second-order valence-corrected chi connectivity index (χ2v) is 8.37.